The normalized spacial score (nSPS) is 10.2. The van der Waals surface area contributed by atoms with Gasteiger partial charge in [0, 0.05) is 27.0 Å². The number of halogens is 1. The maximum absolute atomic E-state index is 12.3. The first-order valence-electron chi connectivity index (χ1n) is 7.60. The van der Waals surface area contributed by atoms with Gasteiger partial charge in [0.15, 0.2) is 0 Å². The average molecular weight is 460 g/mol. The van der Waals surface area contributed by atoms with Crippen LogP contribution in [0.1, 0.15) is 10.4 Å². The zero-order valence-corrected chi connectivity index (χ0v) is 15.5. The van der Waals surface area contributed by atoms with Crippen molar-refractivity contribution in [1.82, 2.24) is 0 Å². The largest absolute Gasteiger partial charge is 0.457 e. The quantitative estimate of drug-likeness (QED) is 0.321. The Morgan fingerprint density at radius 2 is 1.58 bits per heavy atom. The van der Waals surface area contributed by atoms with Gasteiger partial charge >= 0.3 is 0 Å². The van der Waals surface area contributed by atoms with Crippen molar-refractivity contribution in [3.8, 4) is 11.5 Å². The molecule has 7 heteroatoms. The van der Waals surface area contributed by atoms with E-state index in [1.807, 2.05) is 24.3 Å². The second-order valence-electron chi connectivity index (χ2n) is 5.34. The predicted molar refractivity (Wildman–Crippen MR) is 107 cm³/mol. The Labute approximate surface area is 163 Å². The highest BCUT2D eigenvalue weighted by Gasteiger charge is 2.08. The Bertz CT molecular complexity index is 941. The van der Waals surface area contributed by atoms with Gasteiger partial charge in [-0.1, -0.05) is 6.07 Å². The number of ether oxygens (including phenoxy) is 1. The SMILES string of the molecule is O=C(Nc1cccc(I)c1)c1ccc(Oc2ccc([N+](=O)[O-])cc2)cc1. The summed E-state index contributed by atoms with van der Waals surface area (Å²) in [4.78, 5) is 22.5. The van der Waals surface area contributed by atoms with Crippen LogP contribution in [0.2, 0.25) is 0 Å². The molecule has 1 N–H and O–H groups in total. The van der Waals surface area contributed by atoms with E-state index in [2.05, 4.69) is 27.9 Å². The van der Waals surface area contributed by atoms with Crippen LogP contribution in [-0.2, 0) is 0 Å². The molecule has 0 spiro atoms. The number of rotatable bonds is 5. The number of hydrogen-bond donors (Lipinski definition) is 1. The van der Waals surface area contributed by atoms with Gasteiger partial charge in [0.2, 0.25) is 0 Å². The third-order valence-electron chi connectivity index (χ3n) is 3.48. The summed E-state index contributed by atoms with van der Waals surface area (Å²) in [5, 5.41) is 13.5. The highest BCUT2D eigenvalue weighted by molar-refractivity contribution is 14.1. The molecule has 0 atom stereocenters. The molecule has 3 aromatic rings. The van der Waals surface area contributed by atoms with Crippen LogP contribution in [0.3, 0.4) is 0 Å². The third-order valence-corrected chi connectivity index (χ3v) is 4.15. The van der Waals surface area contributed by atoms with Gasteiger partial charge in [-0.2, -0.15) is 0 Å². The van der Waals surface area contributed by atoms with Crippen molar-refractivity contribution in [2.24, 2.45) is 0 Å². The van der Waals surface area contributed by atoms with E-state index in [0.29, 0.717) is 17.1 Å². The number of nitrogens with one attached hydrogen (secondary N) is 1. The molecule has 0 aromatic heterocycles. The lowest BCUT2D eigenvalue weighted by Crippen LogP contribution is -2.11. The summed E-state index contributed by atoms with van der Waals surface area (Å²) in [6.07, 6.45) is 0. The standard InChI is InChI=1S/C19H13IN2O4/c20-14-2-1-3-15(12-14)21-19(23)13-4-8-17(9-5-13)26-18-10-6-16(7-11-18)22(24)25/h1-12H,(H,21,23). The number of carbonyl (C=O) groups is 1. The molecule has 3 aromatic carbocycles. The molecule has 0 radical (unpaired) electrons. The highest BCUT2D eigenvalue weighted by Crippen LogP contribution is 2.24. The van der Waals surface area contributed by atoms with Crippen molar-refractivity contribution in [2.45, 2.75) is 0 Å². The van der Waals surface area contributed by atoms with Gasteiger partial charge in [0.05, 0.1) is 4.92 Å². The lowest BCUT2D eigenvalue weighted by atomic mass is 10.2. The van der Waals surface area contributed by atoms with E-state index in [-0.39, 0.29) is 11.6 Å². The van der Waals surface area contributed by atoms with Crippen LogP contribution in [0.15, 0.2) is 72.8 Å². The molecule has 0 fully saturated rings. The Balaban J connectivity index is 1.66. The van der Waals surface area contributed by atoms with Gasteiger partial charge in [0.25, 0.3) is 11.6 Å². The van der Waals surface area contributed by atoms with Crippen molar-refractivity contribution in [1.29, 1.82) is 0 Å². The van der Waals surface area contributed by atoms with Crippen molar-refractivity contribution in [3.63, 3.8) is 0 Å². The van der Waals surface area contributed by atoms with E-state index in [9.17, 15) is 14.9 Å². The molecule has 0 aliphatic heterocycles. The lowest BCUT2D eigenvalue weighted by Gasteiger charge is -2.08. The molecule has 0 heterocycles. The van der Waals surface area contributed by atoms with Gasteiger partial charge in [-0.25, -0.2) is 0 Å². The Morgan fingerprint density at radius 1 is 0.962 bits per heavy atom. The van der Waals surface area contributed by atoms with E-state index in [4.69, 9.17) is 4.74 Å². The number of amides is 1. The Hall–Kier alpha value is -2.94. The summed E-state index contributed by atoms with van der Waals surface area (Å²) < 4.78 is 6.66. The molecule has 6 nitrogen and oxygen atoms in total. The molecular weight excluding hydrogens is 447 g/mol. The minimum atomic E-state index is -0.467. The predicted octanol–water partition coefficient (Wildman–Crippen LogP) is 5.24. The van der Waals surface area contributed by atoms with E-state index < -0.39 is 4.92 Å². The fraction of sp³-hybridized carbons (Fsp3) is 0. The Morgan fingerprint density at radius 3 is 2.15 bits per heavy atom. The summed E-state index contributed by atoms with van der Waals surface area (Å²) >= 11 is 2.18. The smallest absolute Gasteiger partial charge is 0.269 e. The van der Waals surface area contributed by atoms with Crippen molar-refractivity contribution in [2.75, 3.05) is 5.32 Å². The number of nitrogens with zero attached hydrogens (tertiary/aromatic N) is 1. The number of anilines is 1. The first-order chi connectivity index (χ1) is 12.5. The maximum Gasteiger partial charge on any atom is 0.269 e. The van der Waals surface area contributed by atoms with Gasteiger partial charge in [-0.15, -0.1) is 0 Å². The number of non-ortho nitro benzene ring substituents is 1. The summed E-state index contributed by atoms with van der Waals surface area (Å²) in [7, 11) is 0. The molecule has 0 saturated carbocycles. The summed E-state index contributed by atoms with van der Waals surface area (Å²) in [5.41, 5.74) is 1.23. The molecule has 0 unspecified atom stereocenters. The minimum Gasteiger partial charge on any atom is -0.457 e. The molecule has 3 rings (SSSR count). The maximum atomic E-state index is 12.3. The second kappa shape index (κ2) is 7.96. The zero-order valence-electron chi connectivity index (χ0n) is 13.4. The monoisotopic (exact) mass is 460 g/mol. The van der Waals surface area contributed by atoms with Crippen molar-refractivity contribution in [3.05, 3.63) is 92.0 Å². The number of hydrogen-bond acceptors (Lipinski definition) is 4. The topological polar surface area (TPSA) is 81.5 Å². The van der Waals surface area contributed by atoms with Crippen LogP contribution in [0, 0.1) is 13.7 Å². The number of nitro benzene ring substituents is 1. The average Bonchev–Trinajstić information content (AvgIpc) is 2.63. The van der Waals surface area contributed by atoms with Crippen LogP contribution in [-0.4, -0.2) is 10.8 Å². The van der Waals surface area contributed by atoms with Crippen molar-refractivity contribution >= 4 is 39.9 Å². The van der Waals surface area contributed by atoms with Gasteiger partial charge in [-0.3, -0.25) is 14.9 Å². The highest BCUT2D eigenvalue weighted by atomic mass is 127. The fourth-order valence-corrected chi connectivity index (χ4v) is 2.76. The van der Waals surface area contributed by atoms with Gasteiger partial charge < -0.3 is 10.1 Å². The molecule has 0 aliphatic rings. The molecule has 0 aliphatic carbocycles. The lowest BCUT2D eigenvalue weighted by molar-refractivity contribution is -0.384. The Kier molecular flexibility index (Phi) is 5.47. The molecule has 1 amide bonds. The summed E-state index contributed by atoms with van der Waals surface area (Å²) in [6.45, 7) is 0. The van der Waals surface area contributed by atoms with E-state index >= 15 is 0 Å². The van der Waals surface area contributed by atoms with Crippen LogP contribution in [0.5, 0.6) is 11.5 Å². The molecular formula is C19H13IN2O4. The fourth-order valence-electron chi connectivity index (χ4n) is 2.22. The molecule has 130 valence electrons. The third kappa shape index (κ3) is 4.57. The van der Waals surface area contributed by atoms with Crippen LogP contribution in [0.25, 0.3) is 0 Å². The van der Waals surface area contributed by atoms with Gasteiger partial charge in [0.1, 0.15) is 11.5 Å². The first-order valence-corrected chi connectivity index (χ1v) is 8.68. The second-order valence-corrected chi connectivity index (χ2v) is 6.59. The molecule has 0 bridgehead atoms. The molecule has 0 saturated heterocycles. The van der Waals surface area contributed by atoms with Crippen LogP contribution < -0.4 is 10.1 Å². The summed E-state index contributed by atoms with van der Waals surface area (Å²) in [5.74, 6) is 0.796. The van der Waals surface area contributed by atoms with E-state index in [0.717, 1.165) is 9.26 Å². The number of benzene rings is 3. The first kappa shape index (κ1) is 17.9. The van der Waals surface area contributed by atoms with E-state index in [1.165, 1.54) is 24.3 Å². The van der Waals surface area contributed by atoms with Crippen LogP contribution in [0.4, 0.5) is 11.4 Å². The van der Waals surface area contributed by atoms with Crippen LogP contribution >= 0.6 is 22.6 Å². The number of carbonyl (C=O) groups excluding carboxylic acids is 1. The van der Waals surface area contributed by atoms with Gasteiger partial charge in [-0.05, 0) is 77.2 Å². The number of nitro groups is 1. The summed E-state index contributed by atoms with van der Waals surface area (Å²) in [6, 6.07) is 20.0. The molecule has 26 heavy (non-hydrogen) atoms. The van der Waals surface area contributed by atoms with E-state index in [1.54, 1.807) is 24.3 Å². The van der Waals surface area contributed by atoms with Crippen molar-refractivity contribution < 1.29 is 14.5 Å². The zero-order chi connectivity index (χ0) is 18.5. The minimum absolute atomic E-state index is 0.0000540.